The van der Waals surface area contributed by atoms with E-state index in [9.17, 15) is 5.11 Å². The summed E-state index contributed by atoms with van der Waals surface area (Å²) in [4.78, 5) is 2.40. The van der Waals surface area contributed by atoms with E-state index in [1.807, 2.05) is 6.92 Å². The molecule has 1 unspecified atom stereocenters. The fourth-order valence-corrected chi connectivity index (χ4v) is 3.34. The molecule has 1 spiro atoms. The van der Waals surface area contributed by atoms with Crippen LogP contribution in [0, 0.1) is 5.41 Å². The van der Waals surface area contributed by atoms with Crippen LogP contribution >= 0.6 is 0 Å². The van der Waals surface area contributed by atoms with Gasteiger partial charge in [-0.3, -0.25) is 4.90 Å². The van der Waals surface area contributed by atoms with Gasteiger partial charge in [0.05, 0.1) is 5.60 Å². The van der Waals surface area contributed by atoms with E-state index in [0.717, 1.165) is 13.0 Å². The number of nitrogens with zero attached hydrogens (tertiary/aromatic N) is 1. The van der Waals surface area contributed by atoms with Crippen molar-refractivity contribution in [2.75, 3.05) is 33.4 Å². The van der Waals surface area contributed by atoms with Gasteiger partial charge >= 0.3 is 0 Å². The summed E-state index contributed by atoms with van der Waals surface area (Å²) >= 11 is 0. The van der Waals surface area contributed by atoms with E-state index < -0.39 is 5.60 Å². The van der Waals surface area contributed by atoms with Gasteiger partial charge in [0, 0.05) is 39.8 Å². The molecule has 94 valence electrons. The zero-order valence-corrected chi connectivity index (χ0v) is 10.7. The van der Waals surface area contributed by atoms with Crippen molar-refractivity contribution in [2.24, 2.45) is 5.41 Å². The molecule has 2 fully saturated rings. The summed E-state index contributed by atoms with van der Waals surface area (Å²) in [6.45, 7) is 5.78. The quantitative estimate of drug-likeness (QED) is 0.775. The second-order valence-corrected chi connectivity index (χ2v) is 6.09. The van der Waals surface area contributed by atoms with E-state index in [-0.39, 0.29) is 0 Å². The molecule has 0 aromatic carbocycles. The third-order valence-corrected chi connectivity index (χ3v) is 4.19. The third kappa shape index (κ3) is 2.76. The average molecular weight is 227 g/mol. The van der Waals surface area contributed by atoms with Crippen LogP contribution in [0.25, 0.3) is 0 Å². The zero-order valence-electron chi connectivity index (χ0n) is 10.7. The van der Waals surface area contributed by atoms with E-state index in [4.69, 9.17) is 4.74 Å². The minimum absolute atomic E-state index is 0.587. The van der Waals surface area contributed by atoms with Gasteiger partial charge in [-0.1, -0.05) is 12.8 Å². The van der Waals surface area contributed by atoms with Gasteiger partial charge in [-0.15, -0.1) is 0 Å². The van der Waals surface area contributed by atoms with Gasteiger partial charge in [0.15, 0.2) is 0 Å². The summed E-state index contributed by atoms with van der Waals surface area (Å²) in [5, 5.41) is 10.2. The van der Waals surface area contributed by atoms with Crippen molar-refractivity contribution < 1.29 is 9.84 Å². The van der Waals surface area contributed by atoms with Crippen molar-refractivity contribution in [1.29, 1.82) is 0 Å². The molecular weight excluding hydrogens is 202 g/mol. The molecule has 2 aliphatic rings. The Bertz CT molecular complexity index is 226. The molecule has 3 nitrogen and oxygen atoms in total. The standard InChI is InChI=1S/C13H25NO2/c1-12(15,7-8-16-2)9-14-10-13(11-14)5-3-4-6-13/h15H,3-11H2,1-2H3. The molecule has 0 radical (unpaired) electrons. The van der Waals surface area contributed by atoms with Crippen LogP contribution in [0.4, 0.5) is 0 Å². The molecule has 1 aliphatic carbocycles. The molecular formula is C13H25NO2. The van der Waals surface area contributed by atoms with Crippen LogP contribution in [0.3, 0.4) is 0 Å². The lowest BCUT2D eigenvalue weighted by Gasteiger charge is -2.50. The van der Waals surface area contributed by atoms with Crippen LogP contribution in [-0.2, 0) is 4.74 Å². The maximum atomic E-state index is 10.2. The highest BCUT2D eigenvalue weighted by Gasteiger charge is 2.45. The van der Waals surface area contributed by atoms with Gasteiger partial charge < -0.3 is 9.84 Å². The first-order chi connectivity index (χ1) is 7.55. The van der Waals surface area contributed by atoms with Gasteiger partial charge in [-0.25, -0.2) is 0 Å². The van der Waals surface area contributed by atoms with Crippen molar-refractivity contribution in [2.45, 2.75) is 44.6 Å². The lowest BCUT2D eigenvalue weighted by atomic mass is 9.77. The first-order valence-electron chi connectivity index (χ1n) is 6.49. The molecule has 0 aromatic rings. The van der Waals surface area contributed by atoms with Crippen molar-refractivity contribution in [3.63, 3.8) is 0 Å². The maximum Gasteiger partial charge on any atom is 0.0768 e. The Morgan fingerprint density at radius 1 is 1.31 bits per heavy atom. The van der Waals surface area contributed by atoms with Gasteiger partial charge in [-0.2, -0.15) is 0 Å². The van der Waals surface area contributed by atoms with Gasteiger partial charge in [0.2, 0.25) is 0 Å². The van der Waals surface area contributed by atoms with Crippen LogP contribution in [0.15, 0.2) is 0 Å². The minimum Gasteiger partial charge on any atom is -0.389 e. The third-order valence-electron chi connectivity index (χ3n) is 4.19. The lowest BCUT2D eigenvalue weighted by Crippen LogP contribution is -2.58. The van der Waals surface area contributed by atoms with Crippen molar-refractivity contribution in [1.82, 2.24) is 4.90 Å². The number of hydrogen-bond donors (Lipinski definition) is 1. The SMILES string of the molecule is COCCC(C)(O)CN1CC2(CCCC2)C1. The number of hydrogen-bond acceptors (Lipinski definition) is 3. The number of rotatable bonds is 5. The number of methoxy groups -OCH3 is 1. The summed E-state index contributed by atoms with van der Waals surface area (Å²) in [6.07, 6.45) is 6.36. The summed E-state index contributed by atoms with van der Waals surface area (Å²) < 4.78 is 5.03. The molecule has 1 N–H and O–H groups in total. The number of ether oxygens (including phenoxy) is 1. The number of aliphatic hydroxyl groups is 1. The Labute approximate surface area is 98.8 Å². The maximum absolute atomic E-state index is 10.2. The molecule has 1 heterocycles. The largest absolute Gasteiger partial charge is 0.389 e. The van der Waals surface area contributed by atoms with Crippen LogP contribution in [0.5, 0.6) is 0 Å². The van der Waals surface area contributed by atoms with Crippen LogP contribution < -0.4 is 0 Å². The van der Waals surface area contributed by atoms with Crippen LogP contribution in [0.1, 0.15) is 39.0 Å². The monoisotopic (exact) mass is 227 g/mol. The van der Waals surface area contributed by atoms with E-state index in [1.54, 1.807) is 7.11 Å². The van der Waals surface area contributed by atoms with Crippen molar-refractivity contribution >= 4 is 0 Å². The zero-order chi connectivity index (χ0) is 11.6. The van der Waals surface area contributed by atoms with E-state index >= 15 is 0 Å². The Hall–Kier alpha value is -0.120. The van der Waals surface area contributed by atoms with E-state index in [0.29, 0.717) is 12.0 Å². The highest BCUT2D eigenvalue weighted by atomic mass is 16.5. The number of likely N-dealkylation sites (tertiary alicyclic amines) is 1. The van der Waals surface area contributed by atoms with Crippen molar-refractivity contribution in [3.05, 3.63) is 0 Å². The Morgan fingerprint density at radius 3 is 2.50 bits per heavy atom. The second kappa shape index (κ2) is 4.63. The topological polar surface area (TPSA) is 32.7 Å². The minimum atomic E-state index is -0.587. The summed E-state index contributed by atoms with van der Waals surface area (Å²) in [7, 11) is 1.69. The predicted octanol–water partition coefficient (Wildman–Crippen LogP) is 1.65. The lowest BCUT2D eigenvalue weighted by molar-refractivity contribution is -0.0673. The molecule has 2 rings (SSSR count). The van der Waals surface area contributed by atoms with E-state index in [1.165, 1.54) is 38.8 Å². The molecule has 0 aromatic heterocycles. The van der Waals surface area contributed by atoms with Crippen molar-refractivity contribution in [3.8, 4) is 0 Å². The van der Waals surface area contributed by atoms with Crippen LogP contribution in [-0.4, -0.2) is 49.0 Å². The molecule has 3 heteroatoms. The summed E-state index contributed by atoms with van der Waals surface area (Å²) in [6, 6.07) is 0. The predicted molar refractivity (Wildman–Crippen MR) is 64.5 cm³/mol. The normalized spacial score (nSPS) is 27.9. The van der Waals surface area contributed by atoms with Crippen LogP contribution in [0.2, 0.25) is 0 Å². The smallest absolute Gasteiger partial charge is 0.0768 e. The van der Waals surface area contributed by atoms with Gasteiger partial charge in [0.25, 0.3) is 0 Å². The molecule has 1 aliphatic heterocycles. The molecule has 16 heavy (non-hydrogen) atoms. The highest BCUT2D eigenvalue weighted by molar-refractivity contribution is 4.99. The first kappa shape index (κ1) is 12.3. The molecule has 1 saturated carbocycles. The summed E-state index contributed by atoms with van der Waals surface area (Å²) in [5.74, 6) is 0. The number of β-amino-alcohol motifs (C(OH)–C–C–N with tert-alkyl or cyclic N) is 1. The fourth-order valence-electron chi connectivity index (χ4n) is 3.34. The Balaban J connectivity index is 1.71. The Morgan fingerprint density at radius 2 is 1.94 bits per heavy atom. The van der Waals surface area contributed by atoms with Gasteiger partial charge in [0.1, 0.15) is 0 Å². The molecule has 1 atom stereocenters. The highest BCUT2D eigenvalue weighted by Crippen LogP contribution is 2.45. The first-order valence-corrected chi connectivity index (χ1v) is 6.49. The van der Waals surface area contributed by atoms with Gasteiger partial charge in [-0.05, 0) is 25.2 Å². The molecule has 1 saturated heterocycles. The van der Waals surface area contributed by atoms with E-state index in [2.05, 4.69) is 4.90 Å². The average Bonchev–Trinajstić information content (AvgIpc) is 2.63. The molecule has 0 bridgehead atoms. The second-order valence-electron chi connectivity index (χ2n) is 6.09. The summed E-state index contributed by atoms with van der Waals surface area (Å²) in [5.41, 5.74) is 0.0492. The Kier molecular flexibility index (Phi) is 3.57. The fraction of sp³-hybridized carbons (Fsp3) is 1.00. The molecule has 0 amide bonds.